The highest BCUT2D eigenvalue weighted by Crippen LogP contribution is 2.39. The monoisotopic (exact) mass is 553 g/mol. The smallest absolute Gasteiger partial charge is 0.266 e. The summed E-state index contributed by atoms with van der Waals surface area (Å²) in [5.41, 5.74) is 1.68. The average molecular weight is 555 g/mol. The summed E-state index contributed by atoms with van der Waals surface area (Å²) < 4.78 is 18.5. The van der Waals surface area contributed by atoms with Gasteiger partial charge in [0.1, 0.15) is 10.9 Å². The highest BCUT2D eigenvalue weighted by atomic mass is 79.9. The largest absolute Gasteiger partial charge is 0.493 e. The normalized spacial score (nSPS) is 19.8. The van der Waals surface area contributed by atoms with Gasteiger partial charge in [0.25, 0.3) is 5.91 Å². The number of benzene rings is 2. The third-order valence-electron chi connectivity index (χ3n) is 5.19. The molecule has 4 rings (SSSR count). The van der Waals surface area contributed by atoms with Gasteiger partial charge in [-0.2, -0.15) is 0 Å². The molecule has 2 aliphatic heterocycles. The van der Waals surface area contributed by atoms with E-state index in [1.165, 1.54) is 11.8 Å². The van der Waals surface area contributed by atoms with Gasteiger partial charge in [0.2, 0.25) is 0 Å². The van der Waals surface area contributed by atoms with Crippen LogP contribution in [-0.4, -0.2) is 41.5 Å². The van der Waals surface area contributed by atoms with Crippen LogP contribution in [0.5, 0.6) is 11.5 Å². The van der Waals surface area contributed by atoms with Crippen LogP contribution in [0, 0.1) is 0 Å². The standard InChI is InChI=1S/C23H21BrClNO4S2/c1-28-19-9-15(17(24)11-20(19)30-13-14-5-2-3-7-18(14)25)10-21-22(27)26(23(31)32-21)12-16-6-4-8-29-16/h2-3,5,7,9-11,16H,4,6,8,12-13H2,1H3/b21-10-. The molecule has 9 heteroatoms. The zero-order chi connectivity index (χ0) is 22.7. The van der Waals surface area contributed by atoms with Gasteiger partial charge in [0.05, 0.1) is 24.7 Å². The van der Waals surface area contributed by atoms with Gasteiger partial charge in [-0.1, -0.05) is 69.7 Å². The Balaban J connectivity index is 1.52. The number of hydrogen-bond acceptors (Lipinski definition) is 6. The molecule has 0 bridgehead atoms. The molecule has 0 spiro atoms. The molecular formula is C23H21BrClNO4S2. The summed E-state index contributed by atoms with van der Waals surface area (Å²) in [6.07, 6.45) is 3.85. The van der Waals surface area contributed by atoms with Crippen molar-refractivity contribution in [1.82, 2.24) is 4.90 Å². The Morgan fingerprint density at radius 1 is 1.34 bits per heavy atom. The molecule has 2 aromatic carbocycles. The number of hydrogen-bond donors (Lipinski definition) is 0. The van der Waals surface area contributed by atoms with Crippen LogP contribution in [0.3, 0.4) is 0 Å². The van der Waals surface area contributed by atoms with Gasteiger partial charge in [-0.15, -0.1) is 0 Å². The highest BCUT2D eigenvalue weighted by molar-refractivity contribution is 9.10. The summed E-state index contributed by atoms with van der Waals surface area (Å²) in [6.45, 7) is 1.55. The molecule has 32 heavy (non-hydrogen) atoms. The predicted octanol–water partition coefficient (Wildman–Crippen LogP) is 6.07. The lowest BCUT2D eigenvalue weighted by molar-refractivity contribution is -0.123. The van der Waals surface area contributed by atoms with Crippen LogP contribution in [0.1, 0.15) is 24.0 Å². The minimum Gasteiger partial charge on any atom is -0.493 e. The predicted molar refractivity (Wildman–Crippen MR) is 135 cm³/mol. The highest BCUT2D eigenvalue weighted by Gasteiger charge is 2.34. The van der Waals surface area contributed by atoms with Gasteiger partial charge in [0.15, 0.2) is 11.5 Å². The van der Waals surface area contributed by atoms with Gasteiger partial charge in [-0.05, 0) is 42.7 Å². The summed E-state index contributed by atoms with van der Waals surface area (Å²) in [6, 6.07) is 11.2. The van der Waals surface area contributed by atoms with Crippen molar-refractivity contribution in [3.63, 3.8) is 0 Å². The number of thioether (sulfide) groups is 1. The van der Waals surface area contributed by atoms with Crippen LogP contribution in [0.4, 0.5) is 0 Å². The van der Waals surface area contributed by atoms with Crippen molar-refractivity contribution in [3.8, 4) is 11.5 Å². The molecule has 1 unspecified atom stereocenters. The van der Waals surface area contributed by atoms with E-state index in [0.29, 0.717) is 38.9 Å². The van der Waals surface area contributed by atoms with Crippen LogP contribution in [0.25, 0.3) is 6.08 Å². The minimum absolute atomic E-state index is 0.0539. The molecule has 2 saturated heterocycles. The number of nitrogens with zero attached hydrogens (tertiary/aromatic N) is 1. The van der Waals surface area contributed by atoms with Crippen LogP contribution >= 0.6 is 51.5 Å². The Labute approximate surface area is 210 Å². The SMILES string of the molecule is COc1cc(/C=C2\SC(=S)N(CC3CCCO3)C2=O)c(Br)cc1OCc1ccccc1Cl. The van der Waals surface area contributed by atoms with Crippen molar-refractivity contribution in [2.45, 2.75) is 25.6 Å². The van der Waals surface area contributed by atoms with Gasteiger partial charge < -0.3 is 14.2 Å². The summed E-state index contributed by atoms with van der Waals surface area (Å²) in [5, 5.41) is 0.646. The Morgan fingerprint density at radius 3 is 2.88 bits per heavy atom. The molecule has 0 N–H and O–H groups in total. The van der Waals surface area contributed by atoms with E-state index in [2.05, 4.69) is 15.9 Å². The lowest BCUT2D eigenvalue weighted by atomic mass is 10.1. The number of amides is 1. The molecule has 1 amide bonds. The molecule has 2 aromatic rings. The molecule has 168 valence electrons. The van der Waals surface area contributed by atoms with E-state index in [4.69, 9.17) is 38.0 Å². The molecule has 2 aliphatic rings. The van der Waals surface area contributed by atoms with Gasteiger partial charge in [-0.25, -0.2) is 0 Å². The molecule has 0 aromatic heterocycles. The third kappa shape index (κ3) is 5.31. The zero-order valence-corrected chi connectivity index (χ0v) is 21.3. The van der Waals surface area contributed by atoms with Crippen molar-refractivity contribution >= 4 is 67.8 Å². The zero-order valence-electron chi connectivity index (χ0n) is 17.3. The second kappa shape index (κ2) is 10.6. The molecule has 5 nitrogen and oxygen atoms in total. The van der Waals surface area contributed by atoms with E-state index in [1.54, 1.807) is 12.0 Å². The minimum atomic E-state index is -0.0968. The first kappa shape index (κ1) is 23.6. The summed E-state index contributed by atoms with van der Waals surface area (Å²) in [7, 11) is 1.58. The molecule has 1 atom stereocenters. The fraction of sp³-hybridized carbons (Fsp3) is 0.304. The summed E-state index contributed by atoms with van der Waals surface area (Å²) >= 11 is 16.6. The Hall–Kier alpha value is -1.58. The molecule has 0 aliphatic carbocycles. The first-order valence-electron chi connectivity index (χ1n) is 10.1. The number of carbonyl (C=O) groups excluding carboxylic acids is 1. The third-order valence-corrected chi connectivity index (χ3v) is 7.63. The molecule has 2 fully saturated rings. The lowest BCUT2D eigenvalue weighted by Gasteiger charge is -2.18. The first-order chi connectivity index (χ1) is 15.5. The summed E-state index contributed by atoms with van der Waals surface area (Å²) in [4.78, 5) is 15.1. The van der Waals surface area contributed by atoms with E-state index in [0.717, 1.165) is 35.0 Å². The van der Waals surface area contributed by atoms with Gasteiger partial charge >= 0.3 is 0 Å². The maximum absolute atomic E-state index is 12.9. The van der Waals surface area contributed by atoms with E-state index in [9.17, 15) is 4.79 Å². The van der Waals surface area contributed by atoms with Crippen molar-refractivity contribution in [1.29, 1.82) is 0 Å². The number of methoxy groups -OCH3 is 1. The van der Waals surface area contributed by atoms with E-state index < -0.39 is 0 Å². The fourth-order valence-corrected chi connectivity index (χ4v) is 5.39. The maximum atomic E-state index is 12.9. The number of rotatable bonds is 7. The second-order valence-corrected chi connectivity index (χ2v) is 10.3. The van der Waals surface area contributed by atoms with Crippen LogP contribution < -0.4 is 9.47 Å². The van der Waals surface area contributed by atoms with Crippen LogP contribution in [-0.2, 0) is 16.1 Å². The van der Waals surface area contributed by atoms with Crippen molar-refractivity contribution in [2.24, 2.45) is 0 Å². The van der Waals surface area contributed by atoms with Gasteiger partial charge in [-0.3, -0.25) is 9.69 Å². The summed E-state index contributed by atoms with van der Waals surface area (Å²) in [5.74, 6) is 1.03. The molecule has 0 saturated carbocycles. The number of carbonyl (C=O) groups is 1. The van der Waals surface area contributed by atoms with E-state index >= 15 is 0 Å². The maximum Gasteiger partial charge on any atom is 0.266 e. The molecule has 2 heterocycles. The fourth-order valence-electron chi connectivity index (χ4n) is 3.50. The first-order valence-corrected chi connectivity index (χ1v) is 12.5. The lowest BCUT2D eigenvalue weighted by Crippen LogP contribution is -2.35. The van der Waals surface area contributed by atoms with E-state index in [-0.39, 0.29) is 12.0 Å². The second-order valence-electron chi connectivity index (χ2n) is 7.33. The number of ether oxygens (including phenoxy) is 3. The molecule has 0 radical (unpaired) electrons. The number of thiocarbonyl (C=S) groups is 1. The van der Waals surface area contributed by atoms with Crippen molar-refractivity contribution < 1.29 is 19.0 Å². The van der Waals surface area contributed by atoms with E-state index in [1.807, 2.05) is 42.5 Å². The van der Waals surface area contributed by atoms with Crippen molar-refractivity contribution in [3.05, 3.63) is 61.9 Å². The Bertz CT molecular complexity index is 1070. The topological polar surface area (TPSA) is 48.0 Å². The molecular weight excluding hydrogens is 534 g/mol. The Kier molecular flexibility index (Phi) is 7.78. The number of halogens is 2. The van der Waals surface area contributed by atoms with Crippen LogP contribution in [0.15, 0.2) is 45.8 Å². The van der Waals surface area contributed by atoms with Gasteiger partial charge in [0, 0.05) is 21.7 Å². The van der Waals surface area contributed by atoms with Crippen molar-refractivity contribution in [2.75, 3.05) is 20.3 Å². The average Bonchev–Trinajstić information content (AvgIpc) is 3.39. The van der Waals surface area contributed by atoms with Crippen LogP contribution in [0.2, 0.25) is 5.02 Å². The Morgan fingerprint density at radius 2 is 2.16 bits per heavy atom. The quantitative estimate of drug-likeness (QED) is 0.306.